The molecule has 3 fully saturated rings. The van der Waals surface area contributed by atoms with Gasteiger partial charge in [-0.1, -0.05) is 41.9 Å². The second-order valence-corrected chi connectivity index (χ2v) is 7.49. The highest BCUT2D eigenvalue weighted by molar-refractivity contribution is 5.35. The maximum Gasteiger partial charge on any atom is 0.252 e. The second kappa shape index (κ2) is 5.90. The van der Waals surface area contributed by atoms with Crippen LogP contribution in [0.15, 0.2) is 34.9 Å². The van der Waals surface area contributed by atoms with Gasteiger partial charge in [-0.05, 0) is 18.4 Å². The van der Waals surface area contributed by atoms with Crippen molar-refractivity contribution in [3.8, 4) is 0 Å². The standard InChI is InChI=1S/C19H24N4O2/c1-2-5-15(6-3-1)18(7-4-8-18)16-21-17(25-22-16)19(13-24-14-19)23-11-9-20-10-12-23/h1-3,5-6,20H,4,7-14H2. The number of rotatable bonds is 4. The van der Waals surface area contributed by atoms with Crippen LogP contribution in [0.2, 0.25) is 0 Å². The van der Waals surface area contributed by atoms with Crippen LogP contribution in [0.25, 0.3) is 0 Å². The van der Waals surface area contributed by atoms with Gasteiger partial charge in [-0.15, -0.1) is 0 Å². The van der Waals surface area contributed by atoms with Gasteiger partial charge >= 0.3 is 0 Å². The van der Waals surface area contributed by atoms with Gasteiger partial charge in [0.2, 0.25) is 0 Å². The van der Waals surface area contributed by atoms with Crippen molar-refractivity contribution < 1.29 is 9.26 Å². The van der Waals surface area contributed by atoms with Gasteiger partial charge in [0.15, 0.2) is 5.82 Å². The molecule has 5 rings (SSSR count). The summed E-state index contributed by atoms with van der Waals surface area (Å²) in [6.45, 7) is 5.27. The lowest BCUT2D eigenvalue weighted by molar-refractivity contribution is -0.162. The number of nitrogens with one attached hydrogen (secondary N) is 1. The highest BCUT2D eigenvalue weighted by atomic mass is 16.5. The van der Waals surface area contributed by atoms with Gasteiger partial charge in [0, 0.05) is 26.2 Å². The number of hydrogen-bond acceptors (Lipinski definition) is 6. The van der Waals surface area contributed by atoms with Gasteiger partial charge in [0.25, 0.3) is 5.89 Å². The van der Waals surface area contributed by atoms with E-state index in [9.17, 15) is 0 Å². The third kappa shape index (κ3) is 2.28. The van der Waals surface area contributed by atoms with Crippen LogP contribution in [0.1, 0.15) is 36.5 Å². The Bertz CT molecular complexity index is 731. The first-order chi connectivity index (χ1) is 12.3. The molecule has 0 radical (unpaired) electrons. The summed E-state index contributed by atoms with van der Waals surface area (Å²) in [4.78, 5) is 7.38. The van der Waals surface area contributed by atoms with Crippen molar-refractivity contribution in [2.45, 2.75) is 30.2 Å². The SMILES string of the molecule is c1ccc(C2(c3noc(C4(N5CCNCC5)COC4)n3)CCC2)cc1. The molecule has 3 aliphatic rings. The molecule has 1 saturated carbocycles. The van der Waals surface area contributed by atoms with Gasteiger partial charge in [-0.25, -0.2) is 0 Å². The molecule has 3 heterocycles. The Labute approximate surface area is 147 Å². The van der Waals surface area contributed by atoms with Crippen LogP contribution in [0, 0.1) is 0 Å². The molecule has 2 aromatic rings. The molecule has 0 amide bonds. The normalized spacial score (nSPS) is 25.1. The van der Waals surface area contributed by atoms with E-state index in [2.05, 4.69) is 45.7 Å². The number of aromatic nitrogens is 2. The molecule has 2 aliphatic heterocycles. The largest absolute Gasteiger partial charge is 0.376 e. The van der Waals surface area contributed by atoms with Gasteiger partial charge in [0.1, 0.15) is 5.54 Å². The molecule has 1 N–H and O–H groups in total. The molecule has 0 spiro atoms. The highest BCUT2D eigenvalue weighted by Crippen LogP contribution is 2.48. The summed E-state index contributed by atoms with van der Waals surface area (Å²) in [5, 5.41) is 7.85. The second-order valence-electron chi connectivity index (χ2n) is 7.49. The minimum atomic E-state index is -0.227. The lowest BCUT2D eigenvalue weighted by atomic mass is 9.64. The molecule has 132 valence electrons. The van der Waals surface area contributed by atoms with Crippen molar-refractivity contribution in [1.82, 2.24) is 20.4 Å². The van der Waals surface area contributed by atoms with E-state index >= 15 is 0 Å². The Morgan fingerprint density at radius 1 is 1.04 bits per heavy atom. The number of benzene rings is 1. The van der Waals surface area contributed by atoms with Gasteiger partial charge in [0.05, 0.1) is 18.6 Å². The smallest absolute Gasteiger partial charge is 0.252 e. The van der Waals surface area contributed by atoms with E-state index in [-0.39, 0.29) is 11.0 Å². The zero-order valence-corrected chi connectivity index (χ0v) is 14.4. The van der Waals surface area contributed by atoms with Crippen molar-refractivity contribution in [3.63, 3.8) is 0 Å². The van der Waals surface area contributed by atoms with Crippen molar-refractivity contribution in [2.75, 3.05) is 39.4 Å². The summed E-state index contributed by atoms with van der Waals surface area (Å²) in [5.74, 6) is 1.58. The van der Waals surface area contributed by atoms with Crippen molar-refractivity contribution in [2.24, 2.45) is 0 Å². The van der Waals surface area contributed by atoms with Crippen molar-refractivity contribution in [3.05, 3.63) is 47.6 Å². The van der Waals surface area contributed by atoms with Crippen LogP contribution >= 0.6 is 0 Å². The Kier molecular flexibility index (Phi) is 3.66. The third-order valence-electron chi connectivity index (χ3n) is 6.19. The fraction of sp³-hybridized carbons (Fsp3) is 0.579. The molecule has 6 heteroatoms. The van der Waals surface area contributed by atoms with Crippen LogP contribution in [-0.2, 0) is 15.7 Å². The average Bonchev–Trinajstić information content (AvgIpc) is 3.05. The summed E-state index contributed by atoms with van der Waals surface area (Å²) in [6, 6.07) is 10.6. The van der Waals surface area contributed by atoms with E-state index in [1.54, 1.807) is 0 Å². The first kappa shape index (κ1) is 15.5. The Hall–Kier alpha value is -1.76. The molecule has 0 unspecified atom stereocenters. The molecule has 1 aliphatic carbocycles. The molecule has 2 saturated heterocycles. The predicted molar refractivity (Wildman–Crippen MR) is 92.3 cm³/mol. The molecule has 1 aromatic carbocycles. The van der Waals surface area contributed by atoms with E-state index in [4.69, 9.17) is 14.2 Å². The highest BCUT2D eigenvalue weighted by Gasteiger charge is 2.52. The fourth-order valence-corrected chi connectivity index (χ4v) is 4.37. The van der Waals surface area contributed by atoms with Crippen LogP contribution in [0.3, 0.4) is 0 Å². The molecule has 25 heavy (non-hydrogen) atoms. The summed E-state index contributed by atoms with van der Waals surface area (Å²) < 4.78 is 11.4. The topological polar surface area (TPSA) is 63.4 Å². The minimum absolute atomic E-state index is 0.0712. The van der Waals surface area contributed by atoms with Crippen LogP contribution in [0.5, 0.6) is 0 Å². The fourth-order valence-electron chi connectivity index (χ4n) is 4.37. The number of piperazine rings is 1. The van der Waals surface area contributed by atoms with E-state index < -0.39 is 0 Å². The minimum Gasteiger partial charge on any atom is -0.376 e. The zero-order chi connectivity index (χ0) is 16.7. The Balaban J connectivity index is 1.49. The number of hydrogen-bond donors (Lipinski definition) is 1. The zero-order valence-electron chi connectivity index (χ0n) is 14.4. The lowest BCUT2D eigenvalue weighted by Gasteiger charge is -2.48. The third-order valence-corrected chi connectivity index (χ3v) is 6.19. The Morgan fingerprint density at radius 3 is 2.40 bits per heavy atom. The lowest BCUT2D eigenvalue weighted by Crippen LogP contribution is -2.63. The van der Waals surface area contributed by atoms with Crippen LogP contribution in [0.4, 0.5) is 0 Å². The van der Waals surface area contributed by atoms with Gasteiger partial charge < -0.3 is 14.6 Å². The maximum atomic E-state index is 5.83. The average molecular weight is 340 g/mol. The molecule has 6 nitrogen and oxygen atoms in total. The van der Waals surface area contributed by atoms with Gasteiger partial charge in [-0.3, -0.25) is 4.90 Å². The summed E-state index contributed by atoms with van der Waals surface area (Å²) in [5.41, 5.74) is 1.00. The van der Waals surface area contributed by atoms with Crippen LogP contribution < -0.4 is 5.32 Å². The van der Waals surface area contributed by atoms with E-state index in [0.717, 1.165) is 50.7 Å². The van der Waals surface area contributed by atoms with Crippen LogP contribution in [-0.4, -0.2) is 54.4 Å². The van der Waals surface area contributed by atoms with E-state index in [1.807, 2.05) is 0 Å². The first-order valence-corrected chi connectivity index (χ1v) is 9.27. The van der Waals surface area contributed by atoms with E-state index in [1.165, 1.54) is 12.0 Å². The predicted octanol–water partition coefficient (Wildman–Crippen LogP) is 1.67. The molecule has 0 atom stereocenters. The van der Waals surface area contributed by atoms with E-state index in [0.29, 0.717) is 13.2 Å². The first-order valence-electron chi connectivity index (χ1n) is 9.27. The van der Waals surface area contributed by atoms with Crippen molar-refractivity contribution in [1.29, 1.82) is 0 Å². The summed E-state index contributed by atoms with van der Waals surface area (Å²) in [7, 11) is 0. The monoisotopic (exact) mass is 340 g/mol. The number of nitrogens with zero attached hydrogens (tertiary/aromatic N) is 3. The molecule has 0 bridgehead atoms. The molecule has 1 aromatic heterocycles. The summed E-state index contributed by atoms with van der Waals surface area (Å²) in [6.07, 6.45) is 3.39. The summed E-state index contributed by atoms with van der Waals surface area (Å²) >= 11 is 0. The number of ether oxygens (including phenoxy) is 1. The molecular formula is C19H24N4O2. The quantitative estimate of drug-likeness (QED) is 0.913. The van der Waals surface area contributed by atoms with Gasteiger partial charge in [-0.2, -0.15) is 4.98 Å². The Morgan fingerprint density at radius 2 is 1.80 bits per heavy atom. The maximum absolute atomic E-state index is 5.83. The molecular weight excluding hydrogens is 316 g/mol. The van der Waals surface area contributed by atoms with Crippen molar-refractivity contribution >= 4 is 0 Å².